The molecule has 7 nitrogen and oxygen atoms in total. The third kappa shape index (κ3) is 9.18. The maximum Gasteiger partial charge on any atom is 1.00 e. The molecule has 158 valence electrons. The average Bonchev–Trinajstić information content (AvgIpc) is 2.69. The predicted octanol–water partition coefficient (Wildman–Crippen LogP) is -0.706. The van der Waals surface area contributed by atoms with Crippen molar-refractivity contribution >= 4 is 10.1 Å². The van der Waals surface area contributed by atoms with E-state index in [1.807, 2.05) is 0 Å². The van der Waals surface area contributed by atoms with Crippen molar-refractivity contribution in [2.75, 3.05) is 13.2 Å². The molecule has 0 aliphatic carbocycles. The Hall–Kier alpha value is -1.39. The van der Waals surface area contributed by atoms with Crippen LogP contribution in [0, 0.1) is 0 Å². The number of aliphatic hydroxyl groups is 2. The molecule has 2 rings (SSSR count). The fourth-order valence-electron chi connectivity index (χ4n) is 2.77. The van der Waals surface area contributed by atoms with Crippen molar-refractivity contribution in [3.05, 3.63) is 71.8 Å². The van der Waals surface area contributed by atoms with Crippen LogP contribution < -0.4 is 34.3 Å². The SMILES string of the molecule is O=S(=O)([O-])[C@@H](C/C=C/[C@@H](O)c1ccc(O)cc1)CCc1ccc(OCCO)cc1.[Na+]. The second-order valence-corrected chi connectivity index (χ2v) is 8.22. The van der Waals surface area contributed by atoms with E-state index >= 15 is 0 Å². The molecule has 0 aromatic heterocycles. The van der Waals surface area contributed by atoms with Crippen LogP contribution in [0.3, 0.4) is 0 Å². The summed E-state index contributed by atoms with van der Waals surface area (Å²) in [5.74, 6) is 0.678. The Bertz CT molecular complexity index is 881. The van der Waals surface area contributed by atoms with Crippen molar-refractivity contribution in [3.63, 3.8) is 0 Å². The van der Waals surface area contributed by atoms with Gasteiger partial charge in [0.2, 0.25) is 0 Å². The number of ether oxygens (including phenoxy) is 1. The molecule has 0 spiro atoms. The fourth-order valence-corrected chi connectivity index (χ4v) is 3.52. The Balaban J connectivity index is 0.00000450. The number of benzene rings is 2. The van der Waals surface area contributed by atoms with Crippen molar-refractivity contribution in [1.82, 2.24) is 0 Å². The molecule has 2 atom stereocenters. The minimum absolute atomic E-state index is 0. The number of aromatic hydroxyl groups is 1. The van der Waals surface area contributed by atoms with Crippen molar-refractivity contribution in [3.8, 4) is 11.5 Å². The van der Waals surface area contributed by atoms with E-state index < -0.39 is 21.5 Å². The molecular weight excluding hydrogens is 419 g/mol. The van der Waals surface area contributed by atoms with Crippen LogP contribution in [0.4, 0.5) is 0 Å². The number of rotatable bonds is 11. The van der Waals surface area contributed by atoms with E-state index in [1.54, 1.807) is 36.4 Å². The fraction of sp³-hybridized carbons (Fsp3) is 0.333. The van der Waals surface area contributed by atoms with Gasteiger partial charge in [0.05, 0.1) is 28.1 Å². The van der Waals surface area contributed by atoms with Gasteiger partial charge in [-0.3, -0.25) is 0 Å². The molecule has 9 heteroatoms. The Morgan fingerprint density at radius 2 is 1.70 bits per heavy atom. The first-order valence-corrected chi connectivity index (χ1v) is 10.7. The second-order valence-electron chi connectivity index (χ2n) is 6.57. The monoisotopic (exact) mass is 444 g/mol. The summed E-state index contributed by atoms with van der Waals surface area (Å²) in [6, 6.07) is 13.0. The van der Waals surface area contributed by atoms with E-state index in [-0.39, 0.29) is 61.4 Å². The minimum Gasteiger partial charge on any atom is -0.748 e. The number of allylic oxidation sites excluding steroid dienone is 1. The summed E-state index contributed by atoms with van der Waals surface area (Å²) in [6.45, 7) is 0.109. The van der Waals surface area contributed by atoms with E-state index in [0.717, 1.165) is 5.56 Å². The molecule has 2 aromatic rings. The molecule has 3 N–H and O–H groups in total. The first-order chi connectivity index (χ1) is 13.8. The van der Waals surface area contributed by atoms with Gasteiger partial charge in [-0.15, -0.1) is 0 Å². The summed E-state index contributed by atoms with van der Waals surface area (Å²) in [7, 11) is -4.49. The summed E-state index contributed by atoms with van der Waals surface area (Å²) in [5, 5.41) is 27.0. The third-order valence-corrected chi connectivity index (χ3v) is 5.64. The van der Waals surface area contributed by atoms with E-state index in [0.29, 0.717) is 17.7 Å². The van der Waals surface area contributed by atoms with Crippen LogP contribution in [0.15, 0.2) is 60.7 Å². The Kier molecular flexibility index (Phi) is 11.6. The summed E-state index contributed by atoms with van der Waals surface area (Å²) >= 11 is 0. The summed E-state index contributed by atoms with van der Waals surface area (Å²) in [5.41, 5.74) is 1.41. The number of phenolic OH excluding ortho intramolecular Hbond substituents is 1. The smallest absolute Gasteiger partial charge is 0.748 e. The van der Waals surface area contributed by atoms with Gasteiger partial charge in [-0.25, -0.2) is 8.42 Å². The molecule has 0 bridgehead atoms. The first-order valence-electron chi connectivity index (χ1n) is 9.20. The largest absolute Gasteiger partial charge is 1.00 e. The molecule has 30 heavy (non-hydrogen) atoms. The van der Waals surface area contributed by atoms with Gasteiger partial charge in [0, 0.05) is 0 Å². The number of aliphatic hydroxyl groups excluding tert-OH is 2. The minimum atomic E-state index is -4.49. The van der Waals surface area contributed by atoms with Crippen LogP contribution in [0.1, 0.15) is 30.1 Å². The van der Waals surface area contributed by atoms with Gasteiger partial charge in [-0.05, 0) is 54.7 Å². The molecule has 0 heterocycles. The predicted molar refractivity (Wildman–Crippen MR) is 108 cm³/mol. The van der Waals surface area contributed by atoms with Crippen LogP contribution in [-0.2, 0) is 16.5 Å². The molecule has 0 radical (unpaired) electrons. The molecule has 0 saturated heterocycles. The molecule has 2 aromatic carbocycles. The van der Waals surface area contributed by atoms with E-state index in [4.69, 9.17) is 9.84 Å². The molecular formula is C21H25NaO7S. The molecule has 0 fully saturated rings. The average molecular weight is 444 g/mol. The van der Waals surface area contributed by atoms with Crippen LogP contribution >= 0.6 is 0 Å². The molecule has 0 unspecified atom stereocenters. The molecule has 0 aliphatic rings. The normalized spacial score (nSPS) is 13.6. The quantitative estimate of drug-likeness (QED) is 0.237. The van der Waals surface area contributed by atoms with Crippen molar-refractivity contribution in [1.29, 1.82) is 0 Å². The van der Waals surface area contributed by atoms with E-state index in [9.17, 15) is 23.2 Å². The topological polar surface area (TPSA) is 127 Å². The van der Waals surface area contributed by atoms with Gasteiger partial charge in [0.25, 0.3) is 0 Å². The number of hydrogen-bond acceptors (Lipinski definition) is 7. The molecule has 0 amide bonds. The maximum absolute atomic E-state index is 11.6. The van der Waals surface area contributed by atoms with Gasteiger partial charge in [0.15, 0.2) is 0 Å². The van der Waals surface area contributed by atoms with Gasteiger partial charge in [-0.2, -0.15) is 0 Å². The van der Waals surface area contributed by atoms with Crippen LogP contribution in [0.5, 0.6) is 11.5 Å². The van der Waals surface area contributed by atoms with Gasteiger partial charge < -0.3 is 24.6 Å². The maximum atomic E-state index is 11.6. The summed E-state index contributed by atoms with van der Waals surface area (Å²) in [4.78, 5) is 0. The standard InChI is InChI=1S/C21H26O7S.Na/c22-14-15-28-19-11-4-16(5-12-19)6-13-20(29(25,26)27)2-1-3-21(24)17-7-9-18(23)10-8-17;/h1,3-5,7-12,20-24H,2,6,13-15H2,(H,25,26,27);/q;+1/p-1/b3-1+;/t20-,21+;/m0./s1. The third-order valence-electron chi connectivity index (χ3n) is 4.40. The summed E-state index contributed by atoms with van der Waals surface area (Å²) in [6.07, 6.45) is 2.51. The first kappa shape index (κ1) is 26.6. The Labute approximate surface area is 199 Å². The molecule has 0 aliphatic heterocycles. The molecule has 0 saturated carbocycles. The number of phenols is 1. The van der Waals surface area contributed by atoms with Gasteiger partial charge in [-0.1, -0.05) is 36.4 Å². The van der Waals surface area contributed by atoms with Crippen molar-refractivity contribution in [2.24, 2.45) is 0 Å². The number of hydrogen-bond donors (Lipinski definition) is 3. The van der Waals surface area contributed by atoms with E-state index in [2.05, 4.69) is 0 Å². The van der Waals surface area contributed by atoms with Crippen LogP contribution in [-0.4, -0.2) is 46.8 Å². The van der Waals surface area contributed by atoms with Gasteiger partial charge >= 0.3 is 29.6 Å². The summed E-state index contributed by atoms with van der Waals surface area (Å²) < 4.78 is 40.0. The van der Waals surface area contributed by atoms with Crippen molar-refractivity contribution in [2.45, 2.75) is 30.6 Å². The zero-order chi connectivity index (χ0) is 21.3. The Morgan fingerprint density at radius 3 is 2.27 bits per heavy atom. The zero-order valence-electron chi connectivity index (χ0n) is 16.8. The number of aryl methyl sites for hydroxylation is 1. The zero-order valence-corrected chi connectivity index (χ0v) is 19.7. The van der Waals surface area contributed by atoms with Crippen molar-refractivity contribution < 1.29 is 62.6 Å². The Morgan fingerprint density at radius 1 is 1.07 bits per heavy atom. The second kappa shape index (κ2) is 13.1. The van der Waals surface area contributed by atoms with Gasteiger partial charge in [0.1, 0.15) is 18.1 Å². The van der Waals surface area contributed by atoms with Crippen LogP contribution in [0.25, 0.3) is 0 Å². The van der Waals surface area contributed by atoms with Crippen LogP contribution in [0.2, 0.25) is 0 Å². The van der Waals surface area contributed by atoms with E-state index in [1.165, 1.54) is 24.3 Å².